The van der Waals surface area contributed by atoms with E-state index in [-0.39, 0.29) is 0 Å². The molecule has 1 aromatic carbocycles. The lowest BCUT2D eigenvalue weighted by Gasteiger charge is -2.31. The van der Waals surface area contributed by atoms with Crippen LogP contribution in [-0.2, 0) is 0 Å². The lowest BCUT2D eigenvalue weighted by atomic mass is 9.76. The molecule has 0 aliphatic heterocycles. The molecule has 1 N–H and O–H groups in total. The van der Waals surface area contributed by atoms with Gasteiger partial charge < -0.3 is 5.32 Å². The Labute approximate surface area is 118 Å². The summed E-state index contributed by atoms with van der Waals surface area (Å²) in [5, 5.41) is 3.66. The minimum absolute atomic E-state index is 0.580. The van der Waals surface area contributed by atoms with Gasteiger partial charge in [-0.15, -0.1) is 0 Å². The van der Waals surface area contributed by atoms with E-state index < -0.39 is 0 Å². The van der Waals surface area contributed by atoms with Crippen LogP contribution in [0.5, 0.6) is 0 Å². The van der Waals surface area contributed by atoms with E-state index in [4.69, 9.17) is 0 Å². The van der Waals surface area contributed by atoms with Gasteiger partial charge in [0, 0.05) is 12.6 Å². The molecule has 1 unspecified atom stereocenters. The van der Waals surface area contributed by atoms with Crippen molar-refractivity contribution >= 4 is 0 Å². The van der Waals surface area contributed by atoms with E-state index in [1.165, 1.54) is 37.7 Å². The van der Waals surface area contributed by atoms with Crippen LogP contribution >= 0.6 is 0 Å². The smallest absolute Gasteiger partial charge is 0.00251 e. The highest BCUT2D eigenvalue weighted by Crippen LogP contribution is 2.36. The van der Waals surface area contributed by atoms with Crippen molar-refractivity contribution < 1.29 is 0 Å². The van der Waals surface area contributed by atoms with Gasteiger partial charge >= 0.3 is 0 Å². The summed E-state index contributed by atoms with van der Waals surface area (Å²) in [6.45, 7) is 7.82. The molecule has 0 saturated heterocycles. The molecule has 0 aromatic heterocycles. The van der Waals surface area contributed by atoms with Crippen LogP contribution in [0.1, 0.15) is 63.0 Å². The molecule has 1 atom stereocenters. The fourth-order valence-electron chi connectivity index (χ4n) is 3.36. The monoisotopic (exact) mass is 259 g/mol. The predicted octanol–water partition coefficient (Wildman–Crippen LogP) is 4.66. The van der Waals surface area contributed by atoms with Crippen LogP contribution in [0.4, 0.5) is 0 Å². The second kappa shape index (κ2) is 7.09. The topological polar surface area (TPSA) is 12.0 Å². The molecule has 2 rings (SSSR count). The number of benzene rings is 1. The average Bonchev–Trinajstić information content (AvgIpc) is 2.40. The van der Waals surface area contributed by atoms with Gasteiger partial charge in [-0.3, -0.25) is 0 Å². The van der Waals surface area contributed by atoms with Gasteiger partial charge in [-0.25, -0.2) is 0 Å². The summed E-state index contributed by atoms with van der Waals surface area (Å²) in [4.78, 5) is 0. The van der Waals surface area contributed by atoms with Gasteiger partial charge in [0.25, 0.3) is 0 Å². The van der Waals surface area contributed by atoms with Gasteiger partial charge in [-0.2, -0.15) is 0 Å². The first-order valence-corrected chi connectivity index (χ1v) is 7.97. The molecule has 1 fully saturated rings. The molecule has 0 heterocycles. The average molecular weight is 259 g/mol. The molecule has 0 radical (unpaired) electrons. The fraction of sp³-hybridized carbons (Fsp3) is 0.667. The molecule has 0 spiro atoms. The summed E-state index contributed by atoms with van der Waals surface area (Å²) in [5.41, 5.74) is 2.93. The van der Waals surface area contributed by atoms with E-state index in [1.807, 2.05) is 0 Å². The van der Waals surface area contributed by atoms with Crippen molar-refractivity contribution in [2.75, 3.05) is 6.54 Å². The van der Waals surface area contributed by atoms with Gasteiger partial charge in [-0.05, 0) is 37.2 Å². The Morgan fingerprint density at radius 1 is 1.16 bits per heavy atom. The Bertz CT molecular complexity index is 377. The third-order valence-corrected chi connectivity index (χ3v) is 4.44. The van der Waals surface area contributed by atoms with Gasteiger partial charge in [0.15, 0.2) is 0 Å². The molecule has 1 heteroatoms. The van der Waals surface area contributed by atoms with Crippen LogP contribution < -0.4 is 5.32 Å². The Balaban J connectivity index is 2.12. The Kier molecular flexibility index (Phi) is 5.45. The molecular weight excluding hydrogens is 230 g/mol. The van der Waals surface area contributed by atoms with Crippen molar-refractivity contribution in [2.24, 2.45) is 5.92 Å². The second-order valence-electron chi connectivity index (χ2n) is 6.48. The number of aryl methyl sites for hydroxylation is 1. The van der Waals surface area contributed by atoms with Crippen molar-refractivity contribution in [3.05, 3.63) is 35.4 Å². The number of hydrogen-bond donors (Lipinski definition) is 1. The third kappa shape index (κ3) is 4.35. The van der Waals surface area contributed by atoms with Gasteiger partial charge in [0.1, 0.15) is 0 Å². The van der Waals surface area contributed by atoms with Crippen LogP contribution in [-0.4, -0.2) is 12.6 Å². The summed E-state index contributed by atoms with van der Waals surface area (Å²) in [7, 11) is 0. The highest BCUT2D eigenvalue weighted by molar-refractivity contribution is 5.26. The first kappa shape index (κ1) is 14.6. The maximum atomic E-state index is 3.66. The van der Waals surface area contributed by atoms with E-state index in [9.17, 15) is 0 Å². The normalized spacial score (nSPS) is 18.7. The molecule has 1 nitrogen and oxygen atoms in total. The summed E-state index contributed by atoms with van der Waals surface area (Å²) in [5.74, 6) is 1.57. The SMILES string of the molecule is Cc1cccc(C(CNC(C)C)C2CCCCC2)c1. The van der Waals surface area contributed by atoms with E-state index in [0.29, 0.717) is 12.0 Å². The largest absolute Gasteiger partial charge is 0.314 e. The first-order chi connectivity index (χ1) is 9.16. The summed E-state index contributed by atoms with van der Waals surface area (Å²) < 4.78 is 0. The molecule has 0 bridgehead atoms. The van der Waals surface area contributed by atoms with Gasteiger partial charge in [0.05, 0.1) is 0 Å². The van der Waals surface area contributed by atoms with Crippen LogP contribution in [0.3, 0.4) is 0 Å². The third-order valence-electron chi connectivity index (χ3n) is 4.44. The van der Waals surface area contributed by atoms with E-state index in [2.05, 4.69) is 50.4 Å². The van der Waals surface area contributed by atoms with Crippen molar-refractivity contribution in [3.8, 4) is 0 Å². The van der Waals surface area contributed by atoms with Crippen molar-refractivity contribution in [1.82, 2.24) is 5.32 Å². The number of nitrogens with one attached hydrogen (secondary N) is 1. The Hall–Kier alpha value is -0.820. The molecule has 0 amide bonds. The summed E-state index contributed by atoms with van der Waals surface area (Å²) >= 11 is 0. The zero-order valence-corrected chi connectivity index (χ0v) is 12.8. The van der Waals surface area contributed by atoms with Gasteiger partial charge in [-0.1, -0.05) is 62.9 Å². The molecule has 1 aliphatic rings. The summed E-state index contributed by atoms with van der Waals surface area (Å²) in [6, 6.07) is 9.72. The minimum atomic E-state index is 0.580. The zero-order chi connectivity index (χ0) is 13.7. The molecule has 1 aromatic rings. The van der Waals surface area contributed by atoms with E-state index in [1.54, 1.807) is 5.56 Å². The highest BCUT2D eigenvalue weighted by Gasteiger charge is 2.25. The van der Waals surface area contributed by atoms with Crippen LogP contribution in [0.2, 0.25) is 0 Å². The predicted molar refractivity (Wildman–Crippen MR) is 83.6 cm³/mol. The molecule has 19 heavy (non-hydrogen) atoms. The van der Waals surface area contributed by atoms with Crippen molar-refractivity contribution in [1.29, 1.82) is 0 Å². The summed E-state index contributed by atoms with van der Waals surface area (Å²) in [6.07, 6.45) is 7.12. The second-order valence-corrected chi connectivity index (χ2v) is 6.48. The van der Waals surface area contributed by atoms with E-state index in [0.717, 1.165) is 12.5 Å². The maximum Gasteiger partial charge on any atom is 0.00251 e. The lowest BCUT2D eigenvalue weighted by molar-refractivity contribution is 0.293. The maximum absolute atomic E-state index is 3.66. The number of rotatable bonds is 5. The lowest BCUT2D eigenvalue weighted by Crippen LogP contribution is -2.32. The van der Waals surface area contributed by atoms with Crippen molar-refractivity contribution in [2.45, 2.75) is 64.8 Å². The van der Waals surface area contributed by atoms with Gasteiger partial charge in [0.2, 0.25) is 0 Å². The molecule has 1 aliphatic carbocycles. The van der Waals surface area contributed by atoms with E-state index >= 15 is 0 Å². The fourth-order valence-corrected chi connectivity index (χ4v) is 3.36. The molecule has 106 valence electrons. The van der Waals surface area contributed by atoms with Crippen LogP contribution in [0.15, 0.2) is 24.3 Å². The zero-order valence-electron chi connectivity index (χ0n) is 12.8. The quantitative estimate of drug-likeness (QED) is 0.811. The van der Waals surface area contributed by atoms with Crippen LogP contribution in [0.25, 0.3) is 0 Å². The molecule has 1 saturated carbocycles. The highest BCUT2D eigenvalue weighted by atomic mass is 14.9. The molecular formula is C18H29N. The standard InChI is InChI=1S/C18H29N/c1-14(2)19-13-18(16-9-5-4-6-10-16)17-11-7-8-15(3)12-17/h7-8,11-12,14,16,18-19H,4-6,9-10,13H2,1-3H3. The minimum Gasteiger partial charge on any atom is -0.314 e. The Morgan fingerprint density at radius 2 is 1.89 bits per heavy atom. The first-order valence-electron chi connectivity index (χ1n) is 7.97. The van der Waals surface area contributed by atoms with Crippen molar-refractivity contribution in [3.63, 3.8) is 0 Å². The number of hydrogen-bond acceptors (Lipinski definition) is 1. The van der Waals surface area contributed by atoms with Crippen LogP contribution in [0, 0.1) is 12.8 Å². The Morgan fingerprint density at radius 3 is 2.53 bits per heavy atom.